The number of aliphatic hydroxyl groups excluding tert-OH is 4. The minimum Gasteiger partial charge on any atom is -0.387 e. The number of nitrogen functional groups attached to an aromatic ring is 2. The molecule has 0 aromatic carbocycles. The van der Waals surface area contributed by atoms with Crippen LogP contribution in [0, 0.1) is 0 Å². The van der Waals surface area contributed by atoms with Crippen molar-refractivity contribution in [3.8, 4) is 0 Å². The predicted molar refractivity (Wildman–Crippen MR) is 222 cm³/mol. The summed E-state index contributed by atoms with van der Waals surface area (Å²) in [6.45, 7) is -3.72. The van der Waals surface area contributed by atoms with E-state index in [-0.39, 0.29) is 34.1 Å². The molecule has 7 unspecified atom stereocenters. The summed E-state index contributed by atoms with van der Waals surface area (Å²) in [7, 11) is -22.3. The number of aryl methyl sites for hydroxylation is 1. The third-order valence-corrected chi connectivity index (χ3v) is 15.9. The second-order valence-corrected chi connectivity index (χ2v) is 21.5. The van der Waals surface area contributed by atoms with Crippen LogP contribution in [0.3, 0.4) is 0 Å². The van der Waals surface area contributed by atoms with Crippen LogP contribution in [0.25, 0.3) is 22.3 Å². The lowest BCUT2D eigenvalue weighted by Gasteiger charge is -2.24. The topological polar surface area (TPSA) is 518 Å². The Morgan fingerprint density at radius 3 is 2.04 bits per heavy atom. The predicted octanol–water partition coefficient (Wildman–Crippen LogP) is -4.55. The minimum absolute atomic E-state index is 0.0373. The van der Waals surface area contributed by atoms with Gasteiger partial charge in [0.25, 0.3) is 17.1 Å². The van der Waals surface area contributed by atoms with E-state index in [4.69, 9.17) is 39.2 Å². The van der Waals surface area contributed by atoms with Crippen molar-refractivity contribution in [2.24, 2.45) is 7.05 Å². The molecular weight excluding hydrogens is 1060 g/mol. The van der Waals surface area contributed by atoms with Gasteiger partial charge in [0, 0.05) is 12.3 Å². The summed E-state index contributed by atoms with van der Waals surface area (Å²) in [6, 6.07) is 0.893. The number of alkyl halides is 1. The number of aromatic amines is 2. The van der Waals surface area contributed by atoms with Gasteiger partial charge >= 0.3 is 42.6 Å². The third-order valence-electron chi connectivity index (χ3n) is 10.7. The van der Waals surface area contributed by atoms with Crippen LogP contribution < -0.4 is 32.8 Å². The highest BCUT2D eigenvalue weighted by Gasteiger charge is 2.54. The normalized spacial score (nSPS) is 31.4. The summed E-state index contributed by atoms with van der Waals surface area (Å²) < 4.78 is 116. The van der Waals surface area contributed by atoms with E-state index in [2.05, 4.69) is 38.1 Å². The first-order valence-electron chi connectivity index (χ1n) is 19.8. The Balaban J connectivity index is 0.917. The number of hydrogen-bond donors (Lipinski definition) is 12. The second kappa shape index (κ2) is 19.7. The lowest BCUT2D eigenvalue weighted by Crippen LogP contribution is -2.46. The third kappa shape index (κ3) is 11.0. The van der Waals surface area contributed by atoms with E-state index in [1.807, 2.05) is 4.98 Å². The van der Waals surface area contributed by atoms with Gasteiger partial charge in [-0.05, 0) is 0 Å². The van der Waals surface area contributed by atoms with Gasteiger partial charge in [-0.15, -0.1) is 0 Å². The molecular formula is C30H40FN12O24P4+. The van der Waals surface area contributed by atoms with Crippen LogP contribution >= 0.6 is 31.3 Å². The number of halogens is 1. The highest BCUT2D eigenvalue weighted by molar-refractivity contribution is 7.66. The lowest BCUT2D eigenvalue weighted by atomic mass is 10.1. The highest BCUT2D eigenvalue weighted by Crippen LogP contribution is 2.68. The van der Waals surface area contributed by atoms with Crippen molar-refractivity contribution in [1.29, 1.82) is 0 Å². The summed E-state index contributed by atoms with van der Waals surface area (Å²) in [5.41, 5.74) is 8.49. The lowest BCUT2D eigenvalue weighted by molar-refractivity contribution is -0.745. The van der Waals surface area contributed by atoms with E-state index in [1.165, 1.54) is 17.9 Å². The molecule has 8 rings (SSSR count). The van der Waals surface area contributed by atoms with Gasteiger partial charge in [-0.25, -0.2) is 47.0 Å². The smallest absolute Gasteiger partial charge is 0.387 e. The Kier molecular flexibility index (Phi) is 14.6. The molecule has 41 heteroatoms. The molecule has 5 aromatic heterocycles. The Morgan fingerprint density at radius 2 is 1.38 bits per heavy atom. The Morgan fingerprint density at radius 1 is 0.775 bits per heavy atom. The Bertz CT molecular complexity index is 3210. The number of fused-ring (bicyclic) bond motifs is 2. The molecule has 0 spiro atoms. The molecule has 8 heterocycles. The molecule has 390 valence electrons. The molecule has 36 nitrogen and oxygen atoms in total. The van der Waals surface area contributed by atoms with Crippen LogP contribution in [0.5, 0.6) is 0 Å². The zero-order chi connectivity index (χ0) is 51.7. The molecule has 3 saturated heterocycles. The zero-order valence-corrected chi connectivity index (χ0v) is 39.0. The molecule has 0 saturated carbocycles. The standard InChI is InChI=1S/C30H39FN12O24P4/c1-40-9-43(24-16(40)25(49)39-29(33)38-24)28-20(48)18(46)11(63-28)5-60-69(53,54)66-71(57,58)67-70(55,56)61-6-12-21(14(31)26(64-12)42-8-36-15-22(32)34-7-35-23(15)42)65-68(51,52)59-4-10-17(45)19(47)27(62-10)41-3-2-13(44)37-30(41)50/h2-3,7-12,14,17-21,26-28,45-48H,4-6H2,1H3,(H9-,32,33,34,35,37,38,39,44,49,50,51,52,53,54,55,56,57,58)/p+1/t10-,11-,12-,14?,17+,18+,19?,20?,21+,26-,27-,28-/m1/s1. The summed E-state index contributed by atoms with van der Waals surface area (Å²) in [6.07, 6.45) is -19.0. The van der Waals surface area contributed by atoms with Crippen molar-refractivity contribution in [2.45, 2.75) is 73.7 Å². The average molecular weight is 1100 g/mol. The van der Waals surface area contributed by atoms with Gasteiger partial charge in [-0.2, -0.15) is 8.62 Å². The van der Waals surface area contributed by atoms with Gasteiger partial charge in [0.2, 0.25) is 11.7 Å². The number of phosphoric ester groups is 3. The van der Waals surface area contributed by atoms with Gasteiger partial charge in [-0.3, -0.25) is 51.4 Å². The number of nitrogens with one attached hydrogen (secondary N) is 2. The van der Waals surface area contributed by atoms with Crippen molar-refractivity contribution < 1.29 is 108 Å². The maximum atomic E-state index is 16.4. The van der Waals surface area contributed by atoms with Crippen LogP contribution in [-0.2, 0) is 66.2 Å². The summed E-state index contributed by atoms with van der Waals surface area (Å²) in [4.78, 5) is 97.6. The Labute approximate surface area is 391 Å². The SMILES string of the molecule is Cn1c[n+]([C@@H]2O[C@H](COP(=O)(O)OP(=O)(O)OP(=O)(O)OC[C@H]3O[C@@H](n4cnc5c(N)ncnc54)C(F)[C@H]3OP(=O)(O)OC[C@H]3O[C@@H](n4ccc(=O)[nH]c4=O)C(O)[C@H]3O)[C@H](O)C2O)c2nc(N)[nH]c(=O)c21. The summed E-state index contributed by atoms with van der Waals surface area (Å²) in [5, 5.41) is 42.4. The van der Waals surface area contributed by atoms with Crippen LogP contribution in [0.4, 0.5) is 16.2 Å². The molecule has 0 amide bonds. The van der Waals surface area contributed by atoms with E-state index in [1.54, 1.807) is 0 Å². The Hall–Kier alpha value is -4.65. The molecule has 0 radical (unpaired) electrons. The van der Waals surface area contributed by atoms with Crippen LogP contribution in [0.2, 0.25) is 0 Å². The number of nitrogens with zero attached hydrogens (tertiary/aromatic N) is 8. The largest absolute Gasteiger partial charge is 0.490 e. The van der Waals surface area contributed by atoms with Crippen LogP contribution in [0.1, 0.15) is 18.7 Å². The van der Waals surface area contributed by atoms with Gasteiger partial charge in [0.1, 0.15) is 60.7 Å². The van der Waals surface area contributed by atoms with Crippen molar-refractivity contribution in [1.82, 2.24) is 43.6 Å². The first-order chi connectivity index (χ1) is 33.1. The second-order valence-electron chi connectivity index (χ2n) is 15.5. The number of aromatic nitrogens is 10. The average Bonchev–Trinajstić information content (AvgIpc) is 4.05. The minimum atomic E-state index is -6.24. The number of H-pyrrole nitrogens is 2. The summed E-state index contributed by atoms with van der Waals surface area (Å²) in [5.74, 6) is -0.503. The first kappa shape index (κ1) is 52.7. The van der Waals surface area contributed by atoms with Gasteiger partial charge in [0.15, 0.2) is 36.4 Å². The monoisotopic (exact) mass is 1100 g/mol. The highest BCUT2D eigenvalue weighted by atomic mass is 31.3. The van der Waals surface area contributed by atoms with Crippen molar-refractivity contribution >= 4 is 65.4 Å². The number of aliphatic hydroxyl groups is 4. The molecule has 71 heavy (non-hydrogen) atoms. The molecule has 16 atom stereocenters. The molecule has 3 fully saturated rings. The quantitative estimate of drug-likeness (QED) is 0.0290. The first-order valence-corrected chi connectivity index (χ1v) is 25.8. The van der Waals surface area contributed by atoms with E-state index >= 15 is 4.39 Å². The number of hydrogen-bond acceptors (Lipinski definition) is 26. The number of anilines is 2. The summed E-state index contributed by atoms with van der Waals surface area (Å²) >= 11 is 0. The maximum absolute atomic E-state index is 16.4. The van der Waals surface area contributed by atoms with E-state index < -0.39 is 142 Å². The van der Waals surface area contributed by atoms with Crippen molar-refractivity contribution in [3.63, 3.8) is 0 Å². The van der Waals surface area contributed by atoms with Gasteiger partial charge in [-0.1, -0.05) is 4.98 Å². The van der Waals surface area contributed by atoms with E-state index in [9.17, 15) is 72.6 Å². The van der Waals surface area contributed by atoms with E-state index in [0.29, 0.717) is 4.57 Å². The number of rotatable bonds is 18. The number of imidazole rings is 2. The van der Waals surface area contributed by atoms with Crippen molar-refractivity contribution in [2.75, 3.05) is 31.3 Å². The number of ether oxygens (including phenoxy) is 3. The fraction of sp³-hybridized carbons (Fsp3) is 0.533. The number of phosphoric acid groups is 4. The van der Waals surface area contributed by atoms with Gasteiger partial charge < -0.3 is 65.7 Å². The molecule has 5 aromatic rings. The fourth-order valence-corrected chi connectivity index (χ4v) is 12.0. The van der Waals surface area contributed by atoms with E-state index in [0.717, 1.165) is 34.1 Å². The molecule has 3 aliphatic rings. The fourth-order valence-electron chi connectivity index (χ4n) is 7.52. The maximum Gasteiger partial charge on any atom is 0.490 e. The van der Waals surface area contributed by atoms with Crippen LogP contribution in [-0.4, -0.2) is 158 Å². The molecule has 0 aliphatic carbocycles. The molecule has 14 N–H and O–H groups in total. The van der Waals surface area contributed by atoms with Gasteiger partial charge in [0.05, 0.1) is 33.2 Å². The zero-order valence-electron chi connectivity index (χ0n) is 35.4. The van der Waals surface area contributed by atoms with Crippen LogP contribution in [0.15, 0.2) is 45.6 Å². The van der Waals surface area contributed by atoms with Crippen molar-refractivity contribution in [3.05, 3.63) is 62.4 Å². The molecule has 0 bridgehead atoms. The number of nitrogens with two attached hydrogens (primary N) is 2. The molecule has 3 aliphatic heterocycles.